The van der Waals surface area contributed by atoms with E-state index in [2.05, 4.69) is 0 Å². The van der Waals surface area contributed by atoms with Crippen LogP contribution in [0.25, 0.3) is 0 Å². The van der Waals surface area contributed by atoms with Gasteiger partial charge in [-0.15, -0.1) is 12.4 Å². The van der Waals surface area contributed by atoms with Gasteiger partial charge in [-0.05, 0) is 36.5 Å². The largest absolute Gasteiger partial charge is 0.505 e. The first kappa shape index (κ1) is 14.3. The van der Waals surface area contributed by atoms with E-state index in [0.717, 1.165) is 18.4 Å². The minimum Gasteiger partial charge on any atom is -0.505 e. The molecule has 2 rings (SSSR count). The van der Waals surface area contributed by atoms with Gasteiger partial charge in [0.15, 0.2) is 11.6 Å². The zero-order valence-corrected chi connectivity index (χ0v) is 10.5. The zero-order valence-electron chi connectivity index (χ0n) is 9.73. The molecule has 1 saturated carbocycles. The maximum atomic E-state index is 13.2. The molecule has 3 N–H and O–H groups in total. The number of hydrogen-bond acceptors (Lipinski definition) is 2. The molecule has 0 heterocycles. The number of halogens is 2. The van der Waals surface area contributed by atoms with Gasteiger partial charge in [0.05, 0.1) is 0 Å². The molecule has 1 aliphatic carbocycles. The summed E-state index contributed by atoms with van der Waals surface area (Å²) in [7, 11) is 0. The molecule has 1 fully saturated rings. The van der Waals surface area contributed by atoms with Crippen LogP contribution in [0.5, 0.6) is 5.75 Å². The topological polar surface area (TPSA) is 46.2 Å². The van der Waals surface area contributed by atoms with Crippen LogP contribution in [0, 0.1) is 11.7 Å². The molecule has 2 nitrogen and oxygen atoms in total. The lowest BCUT2D eigenvalue weighted by molar-refractivity contribution is 0.307. The van der Waals surface area contributed by atoms with E-state index in [1.165, 1.54) is 31.4 Å². The molecule has 0 unspecified atom stereocenters. The number of aromatic hydroxyl groups is 1. The molecule has 0 amide bonds. The lowest BCUT2D eigenvalue weighted by Crippen LogP contribution is -2.23. The van der Waals surface area contributed by atoms with Crippen LogP contribution in [0.4, 0.5) is 4.39 Å². The van der Waals surface area contributed by atoms with Crippen LogP contribution in [0.1, 0.15) is 43.7 Å². The molecular weight excluding hydrogens is 241 g/mol. The number of phenolic OH excluding ortho intramolecular Hbond substituents is 1. The first-order chi connectivity index (χ1) is 7.68. The number of nitrogens with two attached hydrogens (primary N) is 1. The Bertz CT molecular complexity index is 366. The predicted molar refractivity (Wildman–Crippen MR) is 68.8 cm³/mol. The maximum Gasteiger partial charge on any atom is 0.165 e. The molecule has 0 saturated heterocycles. The van der Waals surface area contributed by atoms with Gasteiger partial charge >= 0.3 is 0 Å². The van der Waals surface area contributed by atoms with E-state index in [0.29, 0.717) is 5.92 Å². The fourth-order valence-corrected chi connectivity index (χ4v) is 2.50. The Morgan fingerprint density at radius 3 is 2.47 bits per heavy atom. The van der Waals surface area contributed by atoms with E-state index in [1.54, 1.807) is 6.07 Å². The molecule has 0 radical (unpaired) electrons. The summed E-state index contributed by atoms with van der Waals surface area (Å²) in [6.45, 7) is 0. The van der Waals surface area contributed by atoms with Crippen molar-refractivity contribution in [1.82, 2.24) is 0 Å². The van der Waals surface area contributed by atoms with Gasteiger partial charge in [-0.3, -0.25) is 0 Å². The van der Waals surface area contributed by atoms with Crippen molar-refractivity contribution in [3.63, 3.8) is 0 Å². The Balaban J connectivity index is 0.00000144. The predicted octanol–water partition coefficient (Wildman–Crippen LogP) is 3.53. The van der Waals surface area contributed by atoms with Gasteiger partial charge in [0, 0.05) is 6.04 Å². The number of benzene rings is 1. The summed E-state index contributed by atoms with van der Waals surface area (Å²) in [4.78, 5) is 0. The van der Waals surface area contributed by atoms with Crippen LogP contribution >= 0.6 is 12.4 Å². The van der Waals surface area contributed by atoms with Gasteiger partial charge in [0.25, 0.3) is 0 Å². The van der Waals surface area contributed by atoms with E-state index in [9.17, 15) is 4.39 Å². The third kappa shape index (κ3) is 3.33. The highest BCUT2D eigenvalue weighted by Crippen LogP contribution is 2.33. The smallest absolute Gasteiger partial charge is 0.165 e. The molecule has 0 aliphatic heterocycles. The lowest BCUT2D eigenvalue weighted by Gasteiger charge is -2.27. The molecule has 4 heteroatoms. The first-order valence-electron chi connectivity index (χ1n) is 5.92. The van der Waals surface area contributed by atoms with Crippen molar-refractivity contribution in [3.05, 3.63) is 29.6 Å². The molecule has 1 aliphatic rings. The van der Waals surface area contributed by atoms with Gasteiger partial charge < -0.3 is 10.8 Å². The van der Waals surface area contributed by atoms with Crippen LogP contribution < -0.4 is 5.73 Å². The Hall–Kier alpha value is -0.800. The van der Waals surface area contributed by atoms with Crippen LogP contribution in [0.2, 0.25) is 0 Å². The van der Waals surface area contributed by atoms with Crippen LogP contribution in [-0.4, -0.2) is 5.11 Å². The van der Waals surface area contributed by atoms with Gasteiger partial charge in [-0.1, -0.05) is 25.3 Å². The van der Waals surface area contributed by atoms with Gasteiger partial charge in [-0.25, -0.2) is 4.39 Å². The van der Waals surface area contributed by atoms with Crippen molar-refractivity contribution < 1.29 is 9.50 Å². The summed E-state index contributed by atoms with van der Waals surface area (Å²) in [6.07, 6.45) is 5.98. The van der Waals surface area contributed by atoms with E-state index in [1.807, 2.05) is 0 Å². The standard InChI is InChI=1S/C13H18FNO.ClH/c14-11-8-10(6-7-12(11)16)13(15)9-4-2-1-3-5-9;/h6-9,13,16H,1-5,15H2;1H/t13-;/m1./s1. The van der Waals surface area contributed by atoms with Crippen molar-refractivity contribution in [2.24, 2.45) is 11.7 Å². The molecule has 0 spiro atoms. The average Bonchev–Trinajstić information content (AvgIpc) is 2.33. The monoisotopic (exact) mass is 259 g/mol. The minimum atomic E-state index is -0.580. The highest BCUT2D eigenvalue weighted by molar-refractivity contribution is 5.85. The second-order valence-corrected chi connectivity index (χ2v) is 4.63. The molecule has 17 heavy (non-hydrogen) atoms. The Kier molecular flexibility index (Phi) is 5.22. The summed E-state index contributed by atoms with van der Waals surface area (Å²) in [5.41, 5.74) is 6.93. The minimum absolute atomic E-state index is 0. The highest BCUT2D eigenvalue weighted by atomic mass is 35.5. The van der Waals surface area contributed by atoms with Gasteiger partial charge in [-0.2, -0.15) is 0 Å². The number of rotatable bonds is 2. The third-order valence-corrected chi connectivity index (χ3v) is 3.51. The molecule has 1 aromatic carbocycles. The Labute approximate surface area is 107 Å². The zero-order chi connectivity index (χ0) is 11.5. The molecule has 0 bridgehead atoms. The van der Waals surface area contributed by atoms with Crippen LogP contribution in [-0.2, 0) is 0 Å². The summed E-state index contributed by atoms with van der Waals surface area (Å²) in [5, 5.41) is 9.12. The van der Waals surface area contributed by atoms with Crippen molar-refractivity contribution >= 4 is 12.4 Å². The molecule has 96 valence electrons. The van der Waals surface area contributed by atoms with E-state index < -0.39 is 5.82 Å². The van der Waals surface area contributed by atoms with Crippen molar-refractivity contribution in [1.29, 1.82) is 0 Å². The molecule has 0 aromatic heterocycles. The third-order valence-electron chi connectivity index (χ3n) is 3.51. The van der Waals surface area contributed by atoms with Crippen molar-refractivity contribution in [2.75, 3.05) is 0 Å². The quantitative estimate of drug-likeness (QED) is 0.853. The molecule has 1 atom stereocenters. The number of hydrogen-bond donors (Lipinski definition) is 2. The van der Waals surface area contributed by atoms with Crippen molar-refractivity contribution in [3.8, 4) is 5.75 Å². The average molecular weight is 260 g/mol. The maximum absolute atomic E-state index is 13.2. The SMILES string of the molecule is Cl.N[C@@H](c1ccc(O)c(F)c1)C1CCCCC1. The van der Waals surface area contributed by atoms with E-state index in [-0.39, 0.29) is 24.2 Å². The molecule has 1 aromatic rings. The summed E-state index contributed by atoms with van der Waals surface area (Å²) in [6, 6.07) is 4.36. The molecular formula is C13H19ClFNO. The Morgan fingerprint density at radius 2 is 1.88 bits per heavy atom. The van der Waals surface area contributed by atoms with Gasteiger partial charge in [0.2, 0.25) is 0 Å². The second kappa shape index (κ2) is 6.22. The van der Waals surface area contributed by atoms with Crippen molar-refractivity contribution in [2.45, 2.75) is 38.1 Å². The Morgan fingerprint density at radius 1 is 1.24 bits per heavy atom. The number of phenols is 1. The van der Waals surface area contributed by atoms with E-state index in [4.69, 9.17) is 10.8 Å². The summed E-state index contributed by atoms with van der Waals surface area (Å²) < 4.78 is 13.2. The first-order valence-corrected chi connectivity index (χ1v) is 5.92. The lowest BCUT2D eigenvalue weighted by atomic mass is 9.81. The van der Waals surface area contributed by atoms with Gasteiger partial charge in [0.1, 0.15) is 0 Å². The van der Waals surface area contributed by atoms with Crippen LogP contribution in [0.15, 0.2) is 18.2 Å². The summed E-state index contributed by atoms with van der Waals surface area (Å²) >= 11 is 0. The summed E-state index contributed by atoms with van der Waals surface area (Å²) in [5.74, 6) is -0.430. The fourth-order valence-electron chi connectivity index (χ4n) is 2.50. The normalized spacial score (nSPS) is 18.5. The fraction of sp³-hybridized carbons (Fsp3) is 0.538. The highest BCUT2D eigenvalue weighted by Gasteiger charge is 2.22. The van der Waals surface area contributed by atoms with E-state index >= 15 is 0 Å². The second-order valence-electron chi connectivity index (χ2n) is 4.63. The van der Waals surface area contributed by atoms with Crippen LogP contribution in [0.3, 0.4) is 0 Å².